The molecule has 0 amide bonds. The van der Waals surface area contributed by atoms with Gasteiger partial charge in [0.2, 0.25) is 0 Å². The first-order valence-corrected chi connectivity index (χ1v) is 0.707. The minimum absolute atomic E-state index is 0. The fourth-order valence-corrected chi connectivity index (χ4v) is 0. The molecule has 0 aliphatic heterocycles. The van der Waals surface area contributed by atoms with Crippen LogP contribution in [0.4, 0.5) is 0 Å². The quantitative estimate of drug-likeness (QED) is 0.385. The Labute approximate surface area is 81.3 Å². The van der Waals surface area contributed by atoms with Crippen LogP contribution in [0.3, 0.4) is 0 Å². The van der Waals surface area contributed by atoms with Crippen LogP contribution in [0, 0.1) is 0 Å². The van der Waals surface area contributed by atoms with Crippen molar-refractivity contribution in [2.45, 2.75) is 0 Å². The third kappa shape index (κ3) is 144. The molecule has 0 heterocycles. The van der Waals surface area contributed by atoms with Crippen LogP contribution < -0.4 is 15.1 Å². The summed E-state index contributed by atoms with van der Waals surface area (Å²) in [4.78, 5) is 0. The van der Waals surface area contributed by atoms with Gasteiger partial charge in [-0.1, -0.05) is 0 Å². The van der Waals surface area contributed by atoms with Gasteiger partial charge in [0.15, 0.2) is 0 Å². The van der Waals surface area contributed by atoms with Crippen molar-refractivity contribution in [2.75, 3.05) is 0 Å². The Kier molecular flexibility index (Phi) is 100. The van der Waals surface area contributed by atoms with E-state index in [1.165, 1.54) is 0 Å². The molecular weight excluding hydrogens is 387 g/mol. The zero-order chi connectivity index (χ0) is 3.58. The van der Waals surface area contributed by atoms with Crippen LogP contribution in [0.5, 0.6) is 0 Å². The summed E-state index contributed by atoms with van der Waals surface area (Å²) in [6.45, 7) is 0. The zero-order valence-corrected chi connectivity index (χ0v) is 10.8. The standard InChI is InChI=1S/BO3.Cd.H2O.O.W/c2-1(3)4;;;;/h;;1H2;;/q-3;;;;. The molecule has 0 aromatic rings. The second kappa shape index (κ2) is 23.6. The van der Waals surface area contributed by atoms with E-state index < -0.39 is 7.32 Å². The first-order valence-electron chi connectivity index (χ1n) is 0.707. The summed E-state index contributed by atoms with van der Waals surface area (Å²) < 4.78 is 0. The van der Waals surface area contributed by atoms with Crippen LogP contribution in [0.1, 0.15) is 0 Å². The molecule has 0 saturated carbocycles. The van der Waals surface area contributed by atoms with Gasteiger partial charge in [0, 0.05) is 53.8 Å². The van der Waals surface area contributed by atoms with Crippen LogP contribution in [-0.2, 0) is 53.8 Å². The van der Waals surface area contributed by atoms with Gasteiger partial charge in [-0.3, -0.25) is 7.32 Å². The van der Waals surface area contributed by atoms with Gasteiger partial charge in [0.05, 0.1) is 0 Å². The maximum Gasteiger partial charge on any atom is 0 e. The third-order valence-corrected chi connectivity index (χ3v) is 0. The molecule has 8 heavy (non-hydrogen) atoms. The molecule has 8 heteroatoms. The van der Waals surface area contributed by atoms with Crippen molar-refractivity contribution >= 4 is 7.32 Å². The van der Waals surface area contributed by atoms with Crippen LogP contribution in [-0.4, -0.2) is 12.8 Å². The zero-order valence-electron chi connectivity index (χ0n) is 3.83. The van der Waals surface area contributed by atoms with Crippen molar-refractivity contribution in [3.05, 3.63) is 0 Å². The largest absolute Gasteiger partial charge is 0.907 e. The van der Waals surface area contributed by atoms with Gasteiger partial charge in [-0.25, -0.2) is 0 Å². The molecule has 0 unspecified atom stereocenters. The summed E-state index contributed by atoms with van der Waals surface area (Å²) in [7, 11) is -2.92. The average molecular weight is 389 g/mol. The van der Waals surface area contributed by atoms with E-state index in [1.54, 1.807) is 0 Å². The summed E-state index contributed by atoms with van der Waals surface area (Å²) in [5.74, 6) is 0. The first-order chi connectivity index (χ1) is 1.73. The Bertz CT molecular complexity index is 17.1. The molecule has 0 fully saturated rings. The predicted octanol–water partition coefficient (Wildman–Crippen LogP) is -4.90. The average Bonchev–Trinajstić information content (AvgIpc) is 0.811. The Balaban J connectivity index is -0.00000000750. The summed E-state index contributed by atoms with van der Waals surface area (Å²) in [6.07, 6.45) is 0. The van der Waals surface area contributed by atoms with Crippen molar-refractivity contribution in [1.29, 1.82) is 0 Å². The third-order valence-electron chi connectivity index (χ3n) is 0. The topological polar surface area (TPSA) is 129 Å². The molecule has 0 rings (SSSR count). The first kappa shape index (κ1) is 34.0. The molecule has 0 aliphatic rings. The molecule has 0 aliphatic carbocycles. The van der Waals surface area contributed by atoms with E-state index in [9.17, 15) is 0 Å². The van der Waals surface area contributed by atoms with Gasteiger partial charge in [0.25, 0.3) is 0 Å². The molecule has 0 saturated heterocycles. The van der Waals surface area contributed by atoms with E-state index >= 15 is 0 Å². The second-order valence-corrected chi connectivity index (χ2v) is 0.289. The van der Waals surface area contributed by atoms with Gasteiger partial charge in [-0.2, -0.15) is 0 Å². The summed E-state index contributed by atoms with van der Waals surface area (Å²) in [5.41, 5.74) is 0. The van der Waals surface area contributed by atoms with Crippen molar-refractivity contribution in [3.63, 3.8) is 0 Å². The van der Waals surface area contributed by atoms with Crippen molar-refractivity contribution in [1.82, 2.24) is 0 Å². The molecule has 2 N–H and O–H groups in total. The SMILES string of the molecule is O.[Cd].[O-]B([O-])[O-].[O].[W]. The van der Waals surface area contributed by atoms with Gasteiger partial charge in [0.1, 0.15) is 0 Å². The van der Waals surface area contributed by atoms with Crippen LogP contribution in [0.2, 0.25) is 0 Å². The molecular formula is H2BCdO5W-3. The smallest absolute Gasteiger partial charge is 0 e. The van der Waals surface area contributed by atoms with Gasteiger partial charge in [-0.05, 0) is 0 Å². The normalized spacial score (nSPS) is 3.38. The molecule has 0 aromatic carbocycles. The maximum atomic E-state index is 8.42. The monoisotopic (exact) mass is 391 g/mol. The minimum Gasteiger partial charge on any atom is -0.907 e. The van der Waals surface area contributed by atoms with E-state index in [2.05, 4.69) is 0 Å². The van der Waals surface area contributed by atoms with Crippen molar-refractivity contribution in [2.24, 2.45) is 0 Å². The Morgan fingerprint density at radius 1 is 1.00 bits per heavy atom. The van der Waals surface area contributed by atoms with E-state index in [0.717, 1.165) is 0 Å². The van der Waals surface area contributed by atoms with Crippen LogP contribution >= 0.6 is 0 Å². The van der Waals surface area contributed by atoms with E-state index in [1.807, 2.05) is 0 Å². The van der Waals surface area contributed by atoms with E-state index in [0.29, 0.717) is 0 Å². The Hall–Kier alpha value is 1.48. The van der Waals surface area contributed by atoms with Gasteiger partial charge < -0.3 is 20.5 Å². The van der Waals surface area contributed by atoms with E-state index in [-0.39, 0.29) is 59.3 Å². The van der Waals surface area contributed by atoms with Crippen molar-refractivity contribution in [3.8, 4) is 0 Å². The fourth-order valence-electron chi connectivity index (χ4n) is 0. The maximum absolute atomic E-state index is 8.42. The molecule has 0 atom stereocenters. The second-order valence-electron chi connectivity index (χ2n) is 0.289. The molecule has 0 bridgehead atoms. The summed E-state index contributed by atoms with van der Waals surface area (Å²) in [5, 5.41) is 25.2. The van der Waals surface area contributed by atoms with E-state index in [4.69, 9.17) is 15.1 Å². The predicted molar refractivity (Wildman–Crippen MR) is 10.1 cm³/mol. The molecule has 5 nitrogen and oxygen atoms in total. The van der Waals surface area contributed by atoms with Gasteiger partial charge in [-0.15, -0.1) is 0 Å². The minimum atomic E-state index is -2.92. The number of hydrogen-bond acceptors (Lipinski definition) is 3. The molecule has 46 valence electrons. The molecule has 0 aromatic heterocycles. The fraction of sp³-hybridized carbons (Fsp3) is 0. The Morgan fingerprint density at radius 3 is 1.00 bits per heavy atom. The van der Waals surface area contributed by atoms with Crippen LogP contribution in [0.25, 0.3) is 0 Å². The van der Waals surface area contributed by atoms with Crippen molar-refractivity contribution < 1.29 is 74.4 Å². The summed E-state index contributed by atoms with van der Waals surface area (Å²) in [6, 6.07) is 0. The molecule has 2 radical (unpaired) electrons. The van der Waals surface area contributed by atoms with Crippen LogP contribution in [0.15, 0.2) is 0 Å². The van der Waals surface area contributed by atoms with Gasteiger partial charge >= 0.3 is 0 Å². The Morgan fingerprint density at radius 2 is 1.00 bits per heavy atom. The number of hydrogen-bond donors (Lipinski definition) is 0. The number of rotatable bonds is 0. The molecule has 0 spiro atoms. The summed E-state index contributed by atoms with van der Waals surface area (Å²) >= 11 is 0.